The van der Waals surface area contributed by atoms with Gasteiger partial charge in [-0.1, -0.05) is 23.7 Å². The van der Waals surface area contributed by atoms with Gasteiger partial charge in [0.1, 0.15) is 0 Å². The Balaban J connectivity index is 2.86. The summed E-state index contributed by atoms with van der Waals surface area (Å²) in [4.78, 5) is 0. The van der Waals surface area contributed by atoms with Crippen molar-refractivity contribution in [3.05, 3.63) is 34.3 Å². The van der Waals surface area contributed by atoms with E-state index in [1.165, 1.54) is 0 Å². The molecule has 1 atom stereocenters. The molecule has 0 saturated heterocycles. The van der Waals surface area contributed by atoms with Crippen LogP contribution in [0.5, 0.6) is 0 Å². The molecule has 66 valence electrons. The van der Waals surface area contributed by atoms with Gasteiger partial charge in [0.05, 0.1) is 6.10 Å². The number of benzene rings is 1. The highest BCUT2D eigenvalue weighted by atomic mass is 35.5. The number of rotatable bonds is 2. The largest absolute Gasteiger partial charge is 0.393 e. The Morgan fingerprint density at radius 2 is 2.17 bits per heavy atom. The molecule has 1 nitrogen and oxygen atoms in total. The monoisotopic (exact) mass is 184 g/mol. The molecule has 1 rings (SSSR count). The molecule has 0 aliphatic heterocycles. The molecule has 2 heteroatoms. The number of hydrogen-bond donors (Lipinski definition) is 1. The van der Waals surface area contributed by atoms with Crippen LogP contribution in [0.2, 0.25) is 5.02 Å². The van der Waals surface area contributed by atoms with E-state index in [4.69, 9.17) is 16.7 Å². The van der Waals surface area contributed by atoms with E-state index in [0.29, 0.717) is 6.42 Å². The summed E-state index contributed by atoms with van der Waals surface area (Å²) in [6.07, 6.45) is 0.296. The zero-order valence-corrected chi connectivity index (χ0v) is 8.10. The number of aryl methyl sites for hydroxylation is 1. The molecule has 0 amide bonds. The van der Waals surface area contributed by atoms with Gasteiger partial charge in [-0.2, -0.15) is 0 Å². The second kappa shape index (κ2) is 3.92. The zero-order valence-electron chi connectivity index (χ0n) is 7.34. The first-order chi connectivity index (χ1) is 5.59. The highest BCUT2D eigenvalue weighted by Gasteiger charge is 2.03. The van der Waals surface area contributed by atoms with Crippen molar-refractivity contribution in [2.45, 2.75) is 26.4 Å². The van der Waals surface area contributed by atoms with E-state index in [9.17, 15) is 0 Å². The molecular weight excluding hydrogens is 172 g/mol. The molecule has 0 spiro atoms. The molecule has 0 heterocycles. The van der Waals surface area contributed by atoms with Gasteiger partial charge in [0.15, 0.2) is 0 Å². The van der Waals surface area contributed by atoms with E-state index in [1.807, 2.05) is 25.1 Å². The van der Waals surface area contributed by atoms with Crippen molar-refractivity contribution in [2.75, 3.05) is 0 Å². The number of hydrogen-bond acceptors (Lipinski definition) is 1. The van der Waals surface area contributed by atoms with E-state index in [0.717, 1.165) is 16.1 Å². The van der Waals surface area contributed by atoms with Crippen LogP contribution < -0.4 is 0 Å². The van der Waals surface area contributed by atoms with Crippen molar-refractivity contribution in [3.8, 4) is 0 Å². The van der Waals surface area contributed by atoms with Crippen LogP contribution in [0.3, 0.4) is 0 Å². The third-order valence-corrected chi connectivity index (χ3v) is 2.08. The SMILES string of the molecule is Cc1ccc(CC(C)O)c(Cl)c1. The molecule has 1 unspecified atom stereocenters. The van der Waals surface area contributed by atoms with Gasteiger partial charge in [-0.3, -0.25) is 0 Å². The molecule has 1 aromatic carbocycles. The van der Waals surface area contributed by atoms with Crippen LogP contribution in [0.1, 0.15) is 18.1 Å². The third-order valence-electron chi connectivity index (χ3n) is 1.72. The number of aliphatic hydroxyl groups is 1. The van der Waals surface area contributed by atoms with Crippen LogP contribution in [0.15, 0.2) is 18.2 Å². The van der Waals surface area contributed by atoms with E-state index >= 15 is 0 Å². The highest BCUT2D eigenvalue weighted by molar-refractivity contribution is 6.31. The van der Waals surface area contributed by atoms with Crippen molar-refractivity contribution >= 4 is 11.6 Å². The van der Waals surface area contributed by atoms with Crippen LogP contribution in [0.4, 0.5) is 0 Å². The van der Waals surface area contributed by atoms with E-state index < -0.39 is 0 Å². The summed E-state index contributed by atoms with van der Waals surface area (Å²) in [5.41, 5.74) is 2.16. The Labute approximate surface area is 78.0 Å². The average molecular weight is 185 g/mol. The van der Waals surface area contributed by atoms with Gasteiger partial charge in [-0.15, -0.1) is 0 Å². The minimum Gasteiger partial charge on any atom is -0.393 e. The van der Waals surface area contributed by atoms with E-state index in [2.05, 4.69) is 0 Å². The standard InChI is InChI=1S/C10H13ClO/c1-7-3-4-9(6-8(2)12)10(11)5-7/h3-5,8,12H,6H2,1-2H3. The normalized spacial score (nSPS) is 13.0. The first-order valence-corrected chi connectivity index (χ1v) is 4.40. The fraction of sp³-hybridized carbons (Fsp3) is 0.400. The molecule has 0 bridgehead atoms. The number of aliphatic hydroxyl groups excluding tert-OH is 1. The molecule has 12 heavy (non-hydrogen) atoms. The lowest BCUT2D eigenvalue weighted by molar-refractivity contribution is 0.195. The smallest absolute Gasteiger partial charge is 0.0552 e. The molecule has 0 aliphatic carbocycles. The summed E-state index contributed by atoms with van der Waals surface area (Å²) in [6, 6.07) is 5.88. The second-order valence-electron chi connectivity index (χ2n) is 3.15. The van der Waals surface area contributed by atoms with Gasteiger partial charge in [0, 0.05) is 5.02 Å². The van der Waals surface area contributed by atoms with Crippen LogP contribution in [0.25, 0.3) is 0 Å². The van der Waals surface area contributed by atoms with Crippen molar-refractivity contribution in [1.29, 1.82) is 0 Å². The van der Waals surface area contributed by atoms with Gasteiger partial charge in [0.25, 0.3) is 0 Å². The molecule has 1 N–H and O–H groups in total. The van der Waals surface area contributed by atoms with Gasteiger partial charge in [-0.25, -0.2) is 0 Å². The van der Waals surface area contributed by atoms with Crippen molar-refractivity contribution in [1.82, 2.24) is 0 Å². The maximum atomic E-state index is 9.14. The first-order valence-electron chi connectivity index (χ1n) is 4.02. The van der Waals surface area contributed by atoms with Gasteiger partial charge < -0.3 is 5.11 Å². The zero-order chi connectivity index (χ0) is 9.14. The Morgan fingerprint density at radius 3 is 2.67 bits per heavy atom. The Kier molecular flexibility index (Phi) is 3.12. The predicted molar refractivity (Wildman–Crippen MR) is 51.6 cm³/mol. The molecule has 0 aliphatic rings. The van der Waals surface area contributed by atoms with Crippen LogP contribution in [-0.4, -0.2) is 11.2 Å². The quantitative estimate of drug-likeness (QED) is 0.749. The van der Waals surface area contributed by atoms with Gasteiger partial charge in [-0.05, 0) is 37.5 Å². The Bertz CT molecular complexity index is 269. The molecular formula is C10H13ClO. The minimum absolute atomic E-state index is 0.329. The van der Waals surface area contributed by atoms with Crippen LogP contribution in [0, 0.1) is 6.92 Å². The Morgan fingerprint density at radius 1 is 1.50 bits per heavy atom. The van der Waals surface area contributed by atoms with Crippen molar-refractivity contribution < 1.29 is 5.11 Å². The van der Waals surface area contributed by atoms with Crippen LogP contribution >= 0.6 is 11.6 Å². The summed E-state index contributed by atoms with van der Waals surface area (Å²) in [5, 5.41) is 9.89. The average Bonchev–Trinajstić information content (AvgIpc) is 1.94. The molecule has 0 aromatic heterocycles. The van der Waals surface area contributed by atoms with Gasteiger partial charge >= 0.3 is 0 Å². The summed E-state index contributed by atoms with van der Waals surface area (Å²) in [6.45, 7) is 3.76. The maximum absolute atomic E-state index is 9.14. The van der Waals surface area contributed by atoms with Gasteiger partial charge in [0.2, 0.25) is 0 Å². The maximum Gasteiger partial charge on any atom is 0.0552 e. The lowest BCUT2D eigenvalue weighted by atomic mass is 10.1. The fourth-order valence-electron chi connectivity index (χ4n) is 1.14. The van der Waals surface area contributed by atoms with E-state index in [1.54, 1.807) is 6.92 Å². The topological polar surface area (TPSA) is 20.2 Å². The predicted octanol–water partition coefficient (Wildman–Crippen LogP) is 2.57. The molecule has 1 aromatic rings. The lowest BCUT2D eigenvalue weighted by Crippen LogP contribution is -2.04. The number of halogens is 1. The molecule has 0 saturated carbocycles. The summed E-state index contributed by atoms with van der Waals surface area (Å²) < 4.78 is 0. The molecule has 0 radical (unpaired) electrons. The first kappa shape index (κ1) is 9.56. The lowest BCUT2D eigenvalue weighted by Gasteiger charge is -2.06. The second-order valence-corrected chi connectivity index (χ2v) is 3.56. The summed E-state index contributed by atoms with van der Waals surface area (Å²) >= 11 is 5.96. The molecule has 0 fully saturated rings. The summed E-state index contributed by atoms with van der Waals surface area (Å²) in [5.74, 6) is 0. The summed E-state index contributed by atoms with van der Waals surface area (Å²) in [7, 11) is 0. The van der Waals surface area contributed by atoms with Crippen molar-refractivity contribution in [3.63, 3.8) is 0 Å². The van der Waals surface area contributed by atoms with E-state index in [-0.39, 0.29) is 6.10 Å². The fourth-order valence-corrected chi connectivity index (χ4v) is 1.45. The highest BCUT2D eigenvalue weighted by Crippen LogP contribution is 2.18. The van der Waals surface area contributed by atoms with Crippen molar-refractivity contribution in [2.24, 2.45) is 0 Å². The third kappa shape index (κ3) is 2.50. The Hall–Kier alpha value is -0.530. The van der Waals surface area contributed by atoms with Crippen LogP contribution in [-0.2, 0) is 6.42 Å². The minimum atomic E-state index is -0.329.